The largest absolute Gasteiger partial charge is 0.390 e. The standard InChI is InChI=1S/C26H23N5O.CH4O3S/c1-26(32)14-19(15-26)25-30-22(23-24(27)28-11-12-31(23)25)18-8-7-17-9-10-20(29-21(17)13-18)16-5-3-2-4-6-16;1-5(2,3)4/h2-13,19,32H,14-15H2,1H3,(H2,27,28);1H3,(H,2,3,4)/t19-,26-;. The van der Waals surface area contributed by atoms with Gasteiger partial charge in [-0.2, -0.15) is 8.42 Å². The maximum absolute atomic E-state index is 10.3. The number of nitrogen functional groups attached to an aromatic ring is 1. The van der Waals surface area contributed by atoms with Crippen molar-refractivity contribution in [1.29, 1.82) is 0 Å². The Morgan fingerprint density at radius 1 is 1.03 bits per heavy atom. The molecule has 0 aliphatic heterocycles. The molecule has 3 heterocycles. The summed E-state index contributed by atoms with van der Waals surface area (Å²) in [6.07, 6.45) is 5.69. The van der Waals surface area contributed by atoms with E-state index in [4.69, 9.17) is 20.3 Å². The molecule has 37 heavy (non-hydrogen) atoms. The van der Waals surface area contributed by atoms with Gasteiger partial charge in [0, 0.05) is 34.8 Å². The topological polar surface area (TPSA) is 144 Å². The molecule has 0 radical (unpaired) electrons. The van der Waals surface area contributed by atoms with E-state index in [1.54, 1.807) is 6.20 Å². The second kappa shape index (κ2) is 9.22. The molecule has 0 unspecified atom stereocenters. The fourth-order valence-electron chi connectivity index (χ4n) is 4.79. The molecule has 1 aliphatic carbocycles. The van der Waals surface area contributed by atoms with Crippen molar-refractivity contribution in [2.45, 2.75) is 31.3 Å². The first-order valence-corrected chi connectivity index (χ1v) is 13.6. The molecule has 6 rings (SSSR count). The number of rotatable bonds is 3. The van der Waals surface area contributed by atoms with Crippen molar-refractivity contribution in [2.75, 3.05) is 12.0 Å². The summed E-state index contributed by atoms with van der Waals surface area (Å²) in [5.74, 6) is 1.55. The van der Waals surface area contributed by atoms with Crippen LogP contribution in [0.25, 0.3) is 38.9 Å². The summed E-state index contributed by atoms with van der Waals surface area (Å²) in [4.78, 5) is 14.2. The number of aliphatic hydroxyl groups is 1. The number of nitrogens with two attached hydrogens (primary N) is 1. The highest BCUT2D eigenvalue weighted by Gasteiger charge is 2.41. The number of anilines is 1. The molecule has 5 aromatic rings. The van der Waals surface area contributed by atoms with Crippen molar-refractivity contribution >= 4 is 32.4 Å². The van der Waals surface area contributed by atoms with Crippen molar-refractivity contribution in [2.24, 2.45) is 0 Å². The molecule has 0 spiro atoms. The van der Waals surface area contributed by atoms with Gasteiger partial charge in [-0.3, -0.25) is 8.95 Å². The van der Waals surface area contributed by atoms with Crippen LogP contribution in [0.2, 0.25) is 0 Å². The second-order valence-electron chi connectivity index (χ2n) is 9.65. The van der Waals surface area contributed by atoms with Gasteiger partial charge in [-0.1, -0.05) is 48.5 Å². The highest BCUT2D eigenvalue weighted by Crippen LogP contribution is 2.45. The Labute approximate surface area is 214 Å². The first kappa shape index (κ1) is 24.8. The number of nitrogens with zero attached hydrogens (tertiary/aromatic N) is 4. The maximum Gasteiger partial charge on any atom is 0.261 e. The molecule has 0 atom stereocenters. The smallest absolute Gasteiger partial charge is 0.261 e. The summed E-state index contributed by atoms with van der Waals surface area (Å²) >= 11 is 0. The van der Waals surface area contributed by atoms with Gasteiger partial charge in [0.05, 0.1) is 23.1 Å². The second-order valence-corrected chi connectivity index (χ2v) is 11.1. The summed E-state index contributed by atoms with van der Waals surface area (Å²) in [6, 6.07) is 20.5. The van der Waals surface area contributed by atoms with E-state index < -0.39 is 15.7 Å². The number of hydrogen-bond acceptors (Lipinski definition) is 7. The van der Waals surface area contributed by atoms with Crippen LogP contribution >= 0.6 is 0 Å². The van der Waals surface area contributed by atoms with E-state index in [2.05, 4.69) is 41.4 Å². The monoisotopic (exact) mass is 517 g/mol. The van der Waals surface area contributed by atoms with E-state index >= 15 is 0 Å². The summed E-state index contributed by atoms with van der Waals surface area (Å²) in [7, 11) is -3.67. The quantitative estimate of drug-likeness (QED) is 0.300. The Bertz CT molecular complexity index is 1700. The minimum atomic E-state index is -3.67. The highest BCUT2D eigenvalue weighted by atomic mass is 32.2. The van der Waals surface area contributed by atoms with Crippen LogP contribution in [0, 0.1) is 0 Å². The number of pyridine rings is 1. The minimum absolute atomic E-state index is 0.191. The summed E-state index contributed by atoms with van der Waals surface area (Å²) in [5, 5.41) is 11.3. The average molecular weight is 518 g/mol. The lowest BCUT2D eigenvalue weighted by Crippen LogP contribution is -2.40. The zero-order valence-electron chi connectivity index (χ0n) is 20.4. The first-order valence-electron chi connectivity index (χ1n) is 11.7. The number of fused-ring (bicyclic) bond motifs is 2. The fourth-order valence-corrected chi connectivity index (χ4v) is 4.79. The molecule has 10 heteroatoms. The molecule has 1 fully saturated rings. The van der Waals surface area contributed by atoms with Crippen LogP contribution in [-0.4, -0.2) is 49.3 Å². The van der Waals surface area contributed by atoms with Crippen molar-refractivity contribution in [3.05, 3.63) is 78.9 Å². The Balaban J connectivity index is 0.000000514. The van der Waals surface area contributed by atoms with Crippen LogP contribution in [-0.2, 0) is 10.1 Å². The maximum atomic E-state index is 10.3. The van der Waals surface area contributed by atoms with Crippen LogP contribution < -0.4 is 5.73 Å². The number of hydrogen-bond donors (Lipinski definition) is 3. The van der Waals surface area contributed by atoms with Gasteiger partial charge in [0.15, 0.2) is 0 Å². The highest BCUT2D eigenvalue weighted by molar-refractivity contribution is 7.85. The van der Waals surface area contributed by atoms with E-state index in [1.165, 1.54) is 0 Å². The molecule has 1 saturated carbocycles. The Morgan fingerprint density at radius 3 is 2.38 bits per heavy atom. The van der Waals surface area contributed by atoms with Crippen molar-refractivity contribution in [3.63, 3.8) is 0 Å². The van der Waals surface area contributed by atoms with Crippen molar-refractivity contribution < 1.29 is 18.1 Å². The van der Waals surface area contributed by atoms with Crippen LogP contribution in [0.3, 0.4) is 0 Å². The van der Waals surface area contributed by atoms with Gasteiger partial charge < -0.3 is 10.8 Å². The molecular formula is C27H27N5O4S. The molecular weight excluding hydrogens is 490 g/mol. The van der Waals surface area contributed by atoms with E-state index in [0.717, 1.165) is 44.8 Å². The first-order chi connectivity index (χ1) is 17.5. The summed E-state index contributed by atoms with van der Waals surface area (Å²) in [6.45, 7) is 1.87. The van der Waals surface area contributed by atoms with Crippen molar-refractivity contribution in [1.82, 2.24) is 19.4 Å². The van der Waals surface area contributed by atoms with Gasteiger partial charge >= 0.3 is 0 Å². The van der Waals surface area contributed by atoms with Gasteiger partial charge in [0.25, 0.3) is 10.1 Å². The predicted octanol–water partition coefficient (Wildman–Crippen LogP) is 4.33. The van der Waals surface area contributed by atoms with Gasteiger partial charge in [-0.15, -0.1) is 0 Å². The molecule has 3 aromatic heterocycles. The Kier molecular flexibility index (Phi) is 6.18. The van der Waals surface area contributed by atoms with Crippen LogP contribution in [0.5, 0.6) is 0 Å². The van der Waals surface area contributed by atoms with Gasteiger partial charge in [0.1, 0.15) is 22.9 Å². The molecule has 190 valence electrons. The fraction of sp³-hybridized carbons (Fsp3) is 0.222. The molecule has 2 aromatic carbocycles. The molecule has 4 N–H and O–H groups in total. The third-order valence-electron chi connectivity index (χ3n) is 6.38. The SMILES string of the molecule is CS(=O)(=O)O.C[C@]1(O)C[C@H](c2nc(-c3ccc4ccc(-c5ccccc5)nc4c3)c3c(N)nccn32)C1. The van der Waals surface area contributed by atoms with Gasteiger partial charge in [-0.25, -0.2) is 15.0 Å². The lowest BCUT2D eigenvalue weighted by Gasteiger charge is -2.40. The number of imidazole rings is 1. The van der Waals surface area contributed by atoms with E-state index in [0.29, 0.717) is 24.9 Å². The Morgan fingerprint density at radius 2 is 1.70 bits per heavy atom. The van der Waals surface area contributed by atoms with E-state index in [-0.39, 0.29) is 5.92 Å². The van der Waals surface area contributed by atoms with Crippen LogP contribution in [0.1, 0.15) is 31.5 Å². The van der Waals surface area contributed by atoms with Gasteiger partial charge in [-0.05, 0) is 31.9 Å². The number of aromatic nitrogens is 4. The average Bonchev–Trinajstić information content (AvgIpc) is 3.22. The van der Waals surface area contributed by atoms with E-state index in [1.807, 2.05) is 41.8 Å². The Hall–Kier alpha value is -3.86. The zero-order chi connectivity index (χ0) is 26.4. The predicted molar refractivity (Wildman–Crippen MR) is 144 cm³/mol. The van der Waals surface area contributed by atoms with Gasteiger partial charge in [0.2, 0.25) is 0 Å². The van der Waals surface area contributed by atoms with E-state index in [9.17, 15) is 13.5 Å². The minimum Gasteiger partial charge on any atom is -0.390 e. The molecule has 1 aliphatic rings. The summed E-state index contributed by atoms with van der Waals surface area (Å²) in [5.41, 5.74) is 11.1. The van der Waals surface area contributed by atoms with Crippen LogP contribution in [0.4, 0.5) is 5.82 Å². The molecule has 9 nitrogen and oxygen atoms in total. The normalized spacial score (nSPS) is 19.3. The van der Waals surface area contributed by atoms with Crippen molar-refractivity contribution in [3.8, 4) is 22.5 Å². The molecule has 0 bridgehead atoms. The lowest BCUT2D eigenvalue weighted by molar-refractivity contribution is -0.0335. The summed E-state index contributed by atoms with van der Waals surface area (Å²) < 4.78 is 27.9. The molecule has 0 saturated heterocycles. The third kappa shape index (κ3) is 5.31. The third-order valence-corrected chi connectivity index (χ3v) is 6.38. The molecule has 0 amide bonds. The lowest BCUT2D eigenvalue weighted by atomic mass is 9.72. The van der Waals surface area contributed by atoms with Crippen LogP contribution in [0.15, 0.2) is 73.1 Å². The zero-order valence-corrected chi connectivity index (χ0v) is 21.2. The number of benzene rings is 2.